The van der Waals surface area contributed by atoms with Gasteiger partial charge in [-0.1, -0.05) is 6.08 Å². The minimum Gasteiger partial charge on any atom is -0.374 e. The fourth-order valence-electron chi connectivity index (χ4n) is 4.96. The molecule has 8 nitrogen and oxygen atoms in total. The summed E-state index contributed by atoms with van der Waals surface area (Å²) < 4.78 is 29.8. The van der Waals surface area contributed by atoms with E-state index in [0.717, 1.165) is 55.6 Å². The predicted molar refractivity (Wildman–Crippen MR) is 133 cm³/mol. The van der Waals surface area contributed by atoms with Crippen LogP contribution in [0.1, 0.15) is 23.2 Å². The van der Waals surface area contributed by atoms with Gasteiger partial charge in [0.1, 0.15) is 17.5 Å². The van der Waals surface area contributed by atoms with Crippen molar-refractivity contribution in [1.82, 2.24) is 24.6 Å². The van der Waals surface area contributed by atoms with Gasteiger partial charge in [0.05, 0.1) is 6.20 Å². The van der Waals surface area contributed by atoms with E-state index in [1.807, 2.05) is 38.2 Å². The average molecular weight is 481 g/mol. The first-order chi connectivity index (χ1) is 16.8. The molecule has 0 radical (unpaired) electrons. The van der Waals surface area contributed by atoms with Crippen molar-refractivity contribution < 1.29 is 8.78 Å². The molecular formula is C25H30F2N8. The highest BCUT2D eigenvalue weighted by atomic mass is 19.1. The first kappa shape index (κ1) is 23.1. The molecule has 10 heteroatoms. The number of aromatic nitrogens is 4. The van der Waals surface area contributed by atoms with Crippen molar-refractivity contribution >= 4 is 17.5 Å². The molecule has 0 aliphatic carbocycles. The third-order valence-electron chi connectivity index (χ3n) is 6.84. The molecule has 4 heterocycles. The highest BCUT2D eigenvalue weighted by Crippen LogP contribution is 2.35. The van der Waals surface area contributed by atoms with Gasteiger partial charge in [-0.25, -0.2) is 13.5 Å². The van der Waals surface area contributed by atoms with Crippen LogP contribution < -0.4 is 15.5 Å². The van der Waals surface area contributed by atoms with Crippen LogP contribution in [0.25, 0.3) is 5.82 Å². The Kier molecular flexibility index (Phi) is 6.04. The quantitative estimate of drug-likeness (QED) is 0.601. The smallest absolute Gasteiger partial charge is 0.224 e. The number of nitrogen functional groups attached to an aromatic ring is 1. The molecule has 1 saturated heterocycles. The number of piperazine rings is 1. The second kappa shape index (κ2) is 9.16. The van der Waals surface area contributed by atoms with E-state index in [0.29, 0.717) is 23.5 Å². The van der Waals surface area contributed by atoms with Crippen LogP contribution in [0.2, 0.25) is 0 Å². The highest BCUT2D eigenvalue weighted by Gasteiger charge is 2.32. The van der Waals surface area contributed by atoms with Gasteiger partial charge in [-0.05, 0) is 44.0 Å². The lowest BCUT2D eigenvalue weighted by Gasteiger charge is -2.46. The SMILES string of the molecule is Cc1c(C/C=C/N2CCN3c4cc(F)cc(F)c4CCC3C2)cnn1-c1cc(N(C)C)nc(N)n1. The lowest BCUT2D eigenvalue weighted by molar-refractivity contribution is 0.281. The number of anilines is 3. The van der Waals surface area contributed by atoms with Gasteiger partial charge in [-0.3, -0.25) is 0 Å². The first-order valence-corrected chi connectivity index (χ1v) is 11.8. The minimum atomic E-state index is -0.511. The molecule has 2 N–H and O–H groups in total. The van der Waals surface area contributed by atoms with E-state index in [4.69, 9.17) is 5.73 Å². The van der Waals surface area contributed by atoms with E-state index in [-0.39, 0.29) is 12.0 Å². The summed E-state index contributed by atoms with van der Waals surface area (Å²) in [6.07, 6.45) is 8.36. The predicted octanol–water partition coefficient (Wildman–Crippen LogP) is 3.09. The van der Waals surface area contributed by atoms with Crippen molar-refractivity contribution in [3.05, 3.63) is 65.1 Å². The molecule has 1 atom stereocenters. The van der Waals surface area contributed by atoms with E-state index in [9.17, 15) is 8.78 Å². The molecule has 184 valence electrons. The molecule has 2 aromatic heterocycles. The summed E-state index contributed by atoms with van der Waals surface area (Å²) in [7, 11) is 3.81. The van der Waals surface area contributed by atoms with Gasteiger partial charge in [0, 0.05) is 68.8 Å². The van der Waals surface area contributed by atoms with E-state index in [1.54, 1.807) is 4.68 Å². The number of benzene rings is 1. The Labute approximate surface area is 203 Å². The second-order valence-electron chi connectivity index (χ2n) is 9.36. The highest BCUT2D eigenvalue weighted by molar-refractivity contribution is 5.58. The summed E-state index contributed by atoms with van der Waals surface area (Å²) in [5.74, 6) is 0.619. The molecule has 3 aromatic rings. The zero-order valence-electron chi connectivity index (χ0n) is 20.2. The maximum Gasteiger partial charge on any atom is 0.224 e. The number of nitrogens with zero attached hydrogens (tertiary/aromatic N) is 7. The van der Waals surface area contributed by atoms with Gasteiger partial charge in [-0.15, -0.1) is 0 Å². The molecule has 5 rings (SSSR count). The molecule has 0 saturated carbocycles. The van der Waals surface area contributed by atoms with Crippen molar-refractivity contribution in [2.24, 2.45) is 0 Å². The Hall–Kier alpha value is -3.69. The summed E-state index contributed by atoms with van der Waals surface area (Å²) in [5.41, 5.74) is 9.35. The van der Waals surface area contributed by atoms with Gasteiger partial charge in [0.2, 0.25) is 5.95 Å². The molecule has 0 bridgehead atoms. The van der Waals surface area contributed by atoms with Crippen LogP contribution >= 0.6 is 0 Å². The largest absolute Gasteiger partial charge is 0.374 e. The number of hydrogen-bond acceptors (Lipinski definition) is 7. The normalized spacial score (nSPS) is 17.6. The Morgan fingerprint density at radius 3 is 2.80 bits per heavy atom. The number of hydrogen-bond donors (Lipinski definition) is 1. The summed E-state index contributed by atoms with van der Waals surface area (Å²) in [6, 6.07) is 4.57. The summed E-state index contributed by atoms with van der Waals surface area (Å²) in [6.45, 7) is 4.39. The molecule has 0 spiro atoms. The standard InChI is InChI=1S/C25H30F2N8/c1-16-17(14-29-35(16)24-13-23(32(2)3)30-25(28)31-24)5-4-8-33-9-10-34-19(15-33)6-7-20-21(27)11-18(26)12-22(20)34/h4,8,11-14,19H,5-7,9-10,15H2,1-3H3,(H2,28,30,31)/b8-4+. The van der Waals surface area contributed by atoms with E-state index in [1.165, 1.54) is 6.07 Å². The van der Waals surface area contributed by atoms with Crippen LogP contribution in [0, 0.1) is 18.6 Å². The van der Waals surface area contributed by atoms with Crippen molar-refractivity contribution in [3.8, 4) is 5.82 Å². The van der Waals surface area contributed by atoms with Crippen LogP contribution in [0.5, 0.6) is 0 Å². The number of allylic oxidation sites excluding steroid dienone is 1. The Bertz CT molecular complexity index is 1270. The lowest BCUT2D eigenvalue weighted by atomic mass is 9.93. The maximum atomic E-state index is 14.2. The third-order valence-corrected chi connectivity index (χ3v) is 6.84. The Balaban J connectivity index is 1.25. The molecule has 1 unspecified atom stereocenters. The molecule has 1 fully saturated rings. The van der Waals surface area contributed by atoms with Gasteiger partial charge < -0.3 is 20.4 Å². The van der Waals surface area contributed by atoms with Crippen LogP contribution in [-0.4, -0.2) is 64.4 Å². The van der Waals surface area contributed by atoms with Crippen LogP contribution in [0.15, 0.2) is 36.7 Å². The zero-order chi connectivity index (χ0) is 24.7. The average Bonchev–Trinajstić information content (AvgIpc) is 3.18. The van der Waals surface area contributed by atoms with Crippen molar-refractivity contribution in [3.63, 3.8) is 0 Å². The van der Waals surface area contributed by atoms with E-state index < -0.39 is 11.6 Å². The fourth-order valence-corrected chi connectivity index (χ4v) is 4.96. The third kappa shape index (κ3) is 4.52. The van der Waals surface area contributed by atoms with E-state index in [2.05, 4.69) is 37.1 Å². The number of nitrogens with two attached hydrogens (primary N) is 1. The molecule has 35 heavy (non-hydrogen) atoms. The fraction of sp³-hybridized carbons (Fsp3) is 0.400. The topological polar surface area (TPSA) is 79.3 Å². The van der Waals surface area contributed by atoms with Gasteiger partial charge in [0.15, 0.2) is 5.82 Å². The number of rotatable bonds is 5. The van der Waals surface area contributed by atoms with Crippen molar-refractivity contribution in [2.45, 2.75) is 32.2 Å². The monoisotopic (exact) mass is 480 g/mol. The Morgan fingerprint density at radius 1 is 1.17 bits per heavy atom. The van der Waals surface area contributed by atoms with Crippen molar-refractivity contribution in [2.75, 3.05) is 49.3 Å². The first-order valence-electron chi connectivity index (χ1n) is 11.8. The molecular weight excluding hydrogens is 450 g/mol. The van der Waals surface area contributed by atoms with Gasteiger partial charge in [0.25, 0.3) is 0 Å². The van der Waals surface area contributed by atoms with Crippen LogP contribution in [-0.2, 0) is 12.8 Å². The molecule has 0 amide bonds. The zero-order valence-corrected chi connectivity index (χ0v) is 20.2. The molecule has 2 aliphatic heterocycles. The second-order valence-corrected chi connectivity index (χ2v) is 9.36. The van der Waals surface area contributed by atoms with Crippen LogP contribution in [0.3, 0.4) is 0 Å². The summed E-state index contributed by atoms with van der Waals surface area (Å²) in [4.78, 5) is 14.9. The number of halogens is 2. The van der Waals surface area contributed by atoms with Crippen molar-refractivity contribution in [1.29, 1.82) is 0 Å². The summed E-state index contributed by atoms with van der Waals surface area (Å²) in [5, 5.41) is 4.52. The van der Waals surface area contributed by atoms with Crippen LogP contribution in [0.4, 0.5) is 26.2 Å². The minimum absolute atomic E-state index is 0.206. The summed E-state index contributed by atoms with van der Waals surface area (Å²) >= 11 is 0. The Morgan fingerprint density at radius 2 is 2.00 bits per heavy atom. The molecule has 2 aliphatic rings. The van der Waals surface area contributed by atoms with Gasteiger partial charge in [-0.2, -0.15) is 15.1 Å². The maximum absolute atomic E-state index is 14.2. The lowest BCUT2D eigenvalue weighted by Crippen LogP contribution is -2.53. The molecule has 1 aromatic carbocycles. The van der Waals surface area contributed by atoms with Gasteiger partial charge >= 0.3 is 0 Å². The number of fused-ring (bicyclic) bond motifs is 3. The van der Waals surface area contributed by atoms with E-state index >= 15 is 0 Å².